The summed E-state index contributed by atoms with van der Waals surface area (Å²) in [7, 11) is 0. The van der Waals surface area contributed by atoms with Gasteiger partial charge in [0.05, 0.1) is 11.6 Å². The van der Waals surface area contributed by atoms with Crippen LogP contribution in [0.25, 0.3) is 0 Å². The molecule has 0 unspecified atom stereocenters. The topological polar surface area (TPSA) is 23.8 Å². The predicted molar refractivity (Wildman–Crippen MR) is 51.8 cm³/mol. The molecule has 78 valence electrons. The second-order valence-corrected chi connectivity index (χ2v) is 3.81. The Bertz CT molecular complexity index is 435. The molecule has 1 aromatic carbocycles. The number of hydrogen-bond donors (Lipinski definition) is 0. The average Bonchev–Trinajstić information content (AvgIpc) is 2.98. The van der Waals surface area contributed by atoms with Crippen molar-refractivity contribution in [2.24, 2.45) is 0 Å². The summed E-state index contributed by atoms with van der Waals surface area (Å²) in [5.74, 6) is 0.165. The maximum Gasteiger partial charge on any atom is 1.00 e. The first-order valence-electron chi connectivity index (χ1n) is 4.76. The van der Waals surface area contributed by atoms with Crippen LogP contribution in [-0.2, 0) is 0 Å². The summed E-state index contributed by atoms with van der Waals surface area (Å²) in [6.45, 7) is -4.95. The first kappa shape index (κ1) is 14.3. The van der Waals surface area contributed by atoms with Crippen molar-refractivity contribution < 1.29 is 64.3 Å². The molecule has 0 aliphatic heterocycles. The van der Waals surface area contributed by atoms with Gasteiger partial charge in [0.1, 0.15) is 0 Å². The summed E-state index contributed by atoms with van der Waals surface area (Å²) >= 11 is 0. The summed E-state index contributed by atoms with van der Waals surface area (Å²) in [6.07, 6.45) is 1.78. The van der Waals surface area contributed by atoms with Gasteiger partial charge in [0.2, 0.25) is 0 Å². The van der Waals surface area contributed by atoms with Gasteiger partial charge in [-0.05, 0) is 30.4 Å². The molecule has 1 aliphatic carbocycles. The Hall–Kier alpha value is 0.201. The van der Waals surface area contributed by atoms with Crippen molar-refractivity contribution in [3.63, 3.8) is 0 Å². The summed E-state index contributed by atoms with van der Waals surface area (Å²) in [4.78, 5) is 0. The van der Waals surface area contributed by atoms with Crippen molar-refractivity contribution in [2.45, 2.75) is 18.8 Å². The molecule has 1 aliphatic rings. The fourth-order valence-corrected chi connectivity index (χ4v) is 1.62. The zero-order valence-electron chi connectivity index (χ0n) is 8.88. The molecule has 1 nitrogen and oxygen atoms in total. The second kappa shape index (κ2) is 5.23. The quantitative estimate of drug-likeness (QED) is 0.648. The molecule has 0 heterocycles. The minimum atomic E-state index is -4.95. The minimum Gasteiger partial charge on any atom is -0.445 e. The van der Waals surface area contributed by atoms with Crippen LogP contribution in [0.2, 0.25) is 0 Å². The Morgan fingerprint density at radius 1 is 1.25 bits per heavy atom. The van der Waals surface area contributed by atoms with Crippen LogP contribution in [0.4, 0.5) is 12.9 Å². The molecule has 16 heavy (non-hydrogen) atoms. The van der Waals surface area contributed by atoms with Gasteiger partial charge in [-0.15, -0.1) is 5.46 Å². The molecule has 2 rings (SSSR count). The third kappa shape index (κ3) is 3.11. The van der Waals surface area contributed by atoms with Gasteiger partial charge in [0.15, 0.2) is 0 Å². The van der Waals surface area contributed by atoms with E-state index in [1.54, 1.807) is 0 Å². The number of nitrogens with zero attached hydrogens (tertiary/aromatic N) is 1. The number of benzene rings is 1. The molecule has 0 saturated heterocycles. The molecule has 0 N–H and O–H groups in total. The molecule has 0 bridgehead atoms. The summed E-state index contributed by atoms with van der Waals surface area (Å²) in [6, 6.07) is 5.34. The Balaban J connectivity index is 0.00000128. The van der Waals surface area contributed by atoms with Gasteiger partial charge in [-0.25, -0.2) is 0 Å². The Morgan fingerprint density at radius 2 is 1.88 bits per heavy atom. The fourth-order valence-electron chi connectivity index (χ4n) is 1.62. The van der Waals surface area contributed by atoms with Crippen LogP contribution >= 0.6 is 0 Å². The van der Waals surface area contributed by atoms with E-state index in [0.717, 1.165) is 25.0 Å². The maximum absolute atomic E-state index is 12.5. The normalized spacial score (nSPS) is 15.1. The molecule has 0 spiro atoms. The van der Waals surface area contributed by atoms with Crippen molar-refractivity contribution in [1.82, 2.24) is 0 Å². The second-order valence-electron chi connectivity index (χ2n) is 3.81. The van der Waals surface area contributed by atoms with Gasteiger partial charge >= 0.3 is 58.4 Å². The summed E-state index contributed by atoms with van der Waals surface area (Å²) in [5, 5.41) is 8.76. The Kier molecular flexibility index (Phi) is 4.67. The van der Waals surface area contributed by atoms with E-state index in [0.29, 0.717) is 11.1 Å². The summed E-state index contributed by atoms with van der Waals surface area (Å²) in [5.41, 5.74) is 0.339. The van der Waals surface area contributed by atoms with E-state index < -0.39 is 12.4 Å². The third-order valence-corrected chi connectivity index (χ3v) is 2.59. The van der Waals surface area contributed by atoms with Crippen molar-refractivity contribution in [3.05, 3.63) is 29.3 Å². The van der Waals surface area contributed by atoms with Crippen LogP contribution in [0, 0.1) is 11.3 Å². The molecular formula is C10H8BF3KN. The maximum atomic E-state index is 12.5. The van der Waals surface area contributed by atoms with Gasteiger partial charge in [-0.1, -0.05) is 12.1 Å². The van der Waals surface area contributed by atoms with Crippen LogP contribution < -0.4 is 56.8 Å². The molecule has 1 fully saturated rings. The molecule has 0 aromatic heterocycles. The van der Waals surface area contributed by atoms with Gasteiger partial charge < -0.3 is 12.9 Å². The average molecular weight is 249 g/mol. The van der Waals surface area contributed by atoms with E-state index >= 15 is 0 Å². The number of nitriles is 1. The first-order valence-corrected chi connectivity index (χ1v) is 4.76. The van der Waals surface area contributed by atoms with E-state index in [4.69, 9.17) is 5.26 Å². The van der Waals surface area contributed by atoms with Gasteiger partial charge in [-0.2, -0.15) is 5.26 Å². The van der Waals surface area contributed by atoms with Crippen molar-refractivity contribution in [3.8, 4) is 6.07 Å². The van der Waals surface area contributed by atoms with Gasteiger partial charge in [0, 0.05) is 0 Å². The van der Waals surface area contributed by atoms with Gasteiger partial charge in [-0.3, -0.25) is 0 Å². The van der Waals surface area contributed by atoms with E-state index in [-0.39, 0.29) is 57.3 Å². The zero-order valence-corrected chi connectivity index (χ0v) is 12.0. The van der Waals surface area contributed by atoms with E-state index in [1.807, 2.05) is 6.07 Å². The van der Waals surface area contributed by atoms with Crippen molar-refractivity contribution in [2.75, 3.05) is 0 Å². The minimum absolute atomic E-state index is 0. The number of hydrogen-bond acceptors (Lipinski definition) is 1. The Labute approximate surface area is 135 Å². The number of rotatable bonds is 2. The molecule has 1 aromatic rings. The molecular weight excluding hydrogens is 241 g/mol. The third-order valence-electron chi connectivity index (χ3n) is 2.59. The standard InChI is InChI=1S/C10H8BF3N.K/c12-11(13,14)9-4-3-8(6-15)10(5-9)7-1-2-7;/h3-5,7H,1-2H2;/q-1;+1. The van der Waals surface area contributed by atoms with Crippen LogP contribution in [0.5, 0.6) is 0 Å². The van der Waals surface area contributed by atoms with Crippen LogP contribution in [0.1, 0.15) is 29.9 Å². The van der Waals surface area contributed by atoms with Crippen LogP contribution in [0.15, 0.2) is 18.2 Å². The fraction of sp³-hybridized carbons (Fsp3) is 0.300. The Morgan fingerprint density at radius 3 is 2.31 bits per heavy atom. The van der Waals surface area contributed by atoms with Gasteiger partial charge in [0.25, 0.3) is 0 Å². The van der Waals surface area contributed by atoms with E-state index in [2.05, 4.69) is 0 Å². The van der Waals surface area contributed by atoms with Crippen molar-refractivity contribution >= 4 is 12.4 Å². The van der Waals surface area contributed by atoms with E-state index in [9.17, 15) is 12.9 Å². The zero-order chi connectivity index (χ0) is 11.1. The molecule has 1 saturated carbocycles. The molecule has 0 radical (unpaired) electrons. The summed E-state index contributed by atoms with van der Waals surface area (Å²) < 4.78 is 37.4. The predicted octanol–water partition coefficient (Wildman–Crippen LogP) is -0.506. The van der Waals surface area contributed by atoms with Crippen LogP contribution in [0.3, 0.4) is 0 Å². The van der Waals surface area contributed by atoms with E-state index in [1.165, 1.54) is 6.07 Å². The monoisotopic (exact) mass is 249 g/mol. The largest absolute Gasteiger partial charge is 1.00 e. The first-order chi connectivity index (χ1) is 7.02. The van der Waals surface area contributed by atoms with Crippen molar-refractivity contribution in [1.29, 1.82) is 5.26 Å². The molecule has 0 atom stereocenters. The SMILES string of the molecule is N#Cc1ccc([B-](F)(F)F)cc1C1CC1.[K+]. The molecule has 0 amide bonds. The number of halogens is 3. The molecule has 6 heteroatoms. The smallest absolute Gasteiger partial charge is 0.445 e. The van der Waals surface area contributed by atoms with Crippen LogP contribution in [-0.4, -0.2) is 6.98 Å².